The topological polar surface area (TPSA) is 60.6 Å². The molecule has 1 fully saturated rings. The maximum atomic E-state index is 13.8. The first kappa shape index (κ1) is 32.5. The molecular weight excluding hydrogens is 672 g/mol. The molecule has 14 heteroatoms. The van der Waals surface area contributed by atoms with Crippen LogP contribution in [-0.2, 0) is 28.3 Å². The molecule has 1 aromatic heterocycles. The molecule has 0 aliphatic carbocycles. The number of likely N-dealkylation sites (N-methyl/N-ethyl adjacent to an activating group) is 2. The molecule has 4 aromatic rings. The number of alkyl halides is 6. The van der Waals surface area contributed by atoms with Gasteiger partial charge in [-0.3, -0.25) is 0 Å². The molecular formula is C30H29F6N4O2PSe. The van der Waals surface area contributed by atoms with Crippen LogP contribution in [0.5, 0.6) is 0 Å². The number of carbonyl (C=O) groups is 1. The van der Waals surface area contributed by atoms with Crippen molar-refractivity contribution < 1.29 is 35.9 Å². The summed E-state index contributed by atoms with van der Waals surface area (Å²) in [6.45, 7) is 0. The normalized spacial score (nSPS) is 20.2. The van der Waals surface area contributed by atoms with Gasteiger partial charge in [-0.1, -0.05) is 0 Å². The number of H-pyrrole nitrogens is 1. The van der Waals surface area contributed by atoms with E-state index < -0.39 is 53.5 Å². The Morgan fingerprint density at radius 3 is 1.93 bits per heavy atom. The van der Waals surface area contributed by atoms with Gasteiger partial charge in [-0.05, 0) is 0 Å². The number of para-hydroxylation sites is 1. The van der Waals surface area contributed by atoms with Gasteiger partial charge < -0.3 is 0 Å². The number of methoxy groups -OCH3 is 1. The van der Waals surface area contributed by atoms with Gasteiger partial charge in [0.15, 0.2) is 0 Å². The van der Waals surface area contributed by atoms with Crippen LogP contribution in [0.25, 0.3) is 10.9 Å². The fourth-order valence-electron chi connectivity index (χ4n) is 5.79. The molecule has 6 nitrogen and oxygen atoms in total. The third-order valence-electron chi connectivity index (χ3n) is 7.98. The fraction of sp³-hybridized carbons (Fsp3) is 0.300. The van der Waals surface area contributed by atoms with Gasteiger partial charge in [0.25, 0.3) is 0 Å². The molecule has 0 bridgehead atoms. The fourth-order valence-corrected chi connectivity index (χ4v) is 10.5. The zero-order valence-corrected chi connectivity index (χ0v) is 26.4. The first-order valence-electron chi connectivity index (χ1n) is 13.5. The second-order valence-electron chi connectivity index (χ2n) is 10.6. The van der Waals surface area contributed by atoms with Gasteiger partial charge in [0.05, 0.1) is 0 Å². The van der Waals surface area contributed by atoms with E-state index in [2.05, 4.69) is 25.2 Å². The van der Waals surface area contributed by atoms with E-state index in [0.717, 1.165) is 40.7 Å². The van der Waals surface area contributed by atoms with Crippen LogP contribution in [0, 0.1) is 0 Å². The molecule has 2 N–H and O–H groups in total. The van der Waals surface area contributed by atoms with E-state index in [1.165, 1.54) is 31.4 Å². The Bertz CT molecular complexity index is 1650. The summed E-state index contributed by atoms with van der Waals surface area (Å²) < 4.78 is 91.3. The first-order chi connectivity index (χ1) is 20.6. The Kier molecular flexibility index (Phi) is 8.94. The Morgan fingerprint density at radius 1 is 0.909 bits per heavy atom. The van der Waals surface area contributed by atoms with E-state index in [9.17, 15) is 31.1 Å². The summed E-state index contributed by atoms with van der Waals surface area (Å²) >= 11 is 3.16. The Morgan fingerprint density at radius 2 is 1.43 bits per heavy atom. The van der Waals surface area contributed by atoms with Crippen molar-refractivity contribution in [1.82, 2.24) is 19.4 Å². The molecule has 3 atom stereocenters. The van der Waals surface area contributed by atoms with E-state index in [1.807, 2.05) is 24.3 Å². The summed E-state index contributed by atoms with van der Waals surface area (Å²) in [5, 5.41) is 4.32. The van der Waals surface area contributed by atoms with Crippen molar-refractivity contribution in [2.75, 3.05) is 21.2 Å². The van der Waals surface area contributed by atoms with Crippen LogP contribution < -0.4 is 5.09 Å². The molecule has 0 radical (unpaired) electrons. The molecule has 3 aromatic carbocycles. The van der Waals surface area contributed by atoms with Crippen LogP contribution in [0.1, 0.15) is 39.9 Å². The summed E-state index contributed by atoms with van der Waals surface area (Å²) in [7, 11) is 4.63. The first-order valence-corrected chi connectivity index (χ1v) is 17.4. The van der Waals surface area contributed by atoms with Gasteiger partial charge in [0, 0.05) is 0 Å². The number of aromatic nitrogens is 1. The van der Waals surface area contributed by atoms with Crippen LogP contribution in [0.15, 0.2) is 79.0 Å². The SMILES string of the molecule is COC(=O)[C@@H](Cc1c[nH]c2ccccc12)NP1(=[Se])N(C)[C@@H](c2cccc(C(F)(F)F)c2)[C@H](c2cccc(C(F)(F)F)c2)N1C. The van der Waals surface area contributed by atoms with Crippen LogP contribution in [-0.4, -0.2) is 62.6 Å². The predicted molar refractivity (Wildman–Crippen MR) is 158 cm³/mol. The molecule has 5 rings (SSSR count). The van der Waals surface area contributed by atoms with E-state index in [4.69, 9.17) is 4.74 Å². The number of esters is 1. The second kappa shape index (κ2) is 12.1. The van der Waals surface area contributed by atoms with Crippen LogP contribution >= 0.6 is 5.96 Å². The molecule has 0 unspecified atom stereocenters. The van der Waals surface area contributed by atoms with E-state index in [1.54, 1.807) is 29.6 Å². The van der Waals surface area contributed by atoms with Crippen molar-refractivity contribution in [3.8, 4) is 0 Å². The molecule has 0 amide bonds. The quantitative estimate of drug-likeness (QED) is 0.0934. The third kappa shape index (κ3) is 6.14. The van der Waals surface area contributed by atoms with E-state index in [0.29, 0.717) is 0 Å². The number of nitrogens with zero attached hydrogens (tertiary/aromatic N) is 2. The van der Waals surface area contributed by atoms with Crippen molar-refractivity contribution >= 4 is 37.9 Å². The average molecular weight is 702 g/mol. The van der Waals surface area contributed by atoms with Crippen molar-refractivity contribution in [2.24, 2.45) is 0 Å². The number of nitrogens with one attached hydrogen (secondary N) is 2. The Balaban J connectivity index is 1.60. The monoisotopic (exact) mass is 702 g/mol. The zero-order valence-electron chi connectivity index (χ0n) is 23.8. The average Bonchev–Trinajstić information content (AvgIpc) is 3.48. The van der Waals surface area contributed by atoms with Crippen molar-refractivity contribution in [2.45, 2.75) is 36.9 Å². The van der Waals surface area contributed by atoms with Gasteiger partial charge in [-0.2, -0.15) is 0 Å². The van der Waals surface area contributed by atoms with Gasteiger partial charge >= 0.3 is 258 Å². The summed E-state index contributed by atoms with van der Waals surface area (Å²) in [5.74, 6) is -3.51. The summed E-state index contributed by atoms with van der Waals surface area (Å²) in [6, 6.07) is 14.6. The predicted octanol–water partition coefficient (Wildman–Crippen LogP) is 7.09. The number of fused-ring (bicyclic) bond motifs is 1. The number of hydrogen-bond acceptors (Lipinski definition) is 5. The third-order valence-corrected chi connectivity index (χ3v) is 14.7. The molecule has 0 saturated carbocycles. The van der Waals surface area contributed by atoms with E-state index in [-0.39, 0.29) is 17.5 Å². The minimum atomic E-state index is -4.62. The van der Waals surface area contributed by atoms with Gasteiger partial charge in [-0.25, -0.2) is 0 Å². The molecule has 2 heterocycles. The van der Waals surface area contributed by atoms with Gasteiger partial charge in [-0.15, -0.1) is 0 Å². The molecule has 1 saturated heterocycles. The minimum absolute atomic E-state index is 0.213. The molecule has 0 spiro atoms. The Labute approximate surface area is 257 Å². The standard InChI is InChI=1S/C30H29F6N4O2PSe/c1-39-26(18-8-6-10-21(14-18)29(31,32)33)27(19-9-7-11-22(15-19)30(34,35)36)40(2)43(39,44)38-25(28(41)42-3)16-20-17-37-24-13-5-4-12-23(20)24/h4-15,17,25-27,37H,16H2,1-3H3,(H,38,44)/t25-,26+,27+/m1/s1. The number of hydrogen-bond donors (Lipinski definition) is 2. The van der Waals surface area contributed by atoms with Gasteiger partial charge in [0.2, 0.25) is 0 Å². The molecule has 44 heavy (non-hydrogen) atoms. The summed E-state index contributed by atoms with van der Waals surface area (Å²) in [6.07, 6.45) is -7.23. The Hall–Kier alpha value is -2.92. The second-order valence-corrected chi connectivity index (χ2v) is 16.4. The molecule has 1 aliphatic rings. The number of halogens is 6. The van der Waals surface area contributed by atoms with Crippen molar-refractivity contribution in [1.29, 1.82) is 0 Å². The maximum absolute atomic E-state index is 13.8. The van der Waals surface area contributed by atoms with Gasteiger partial charge in [0.1, 0.15) is 0 Å². The van der Waals surface area contributed by atoms with Crippen LogP contribution in [0.2, 0.25) is 0 Å². The van der Waals surface area contributed by atoms with Crippen LogP contribution in [0.3, 0.4) is 0 Å². The summed E-state index contributed by atoms with van der Waals surface area (Å²) in [5.41, 5.74) is 0.504. The number of ether oxygens (including phenoxy) is 1. The number of rotatable bonds is 7. The zero-order chi connectivity index (χ0) is 32.0. The number of benzene rings is 3. The number of aromatic amines is 1. The van der Waals surface area contributed by atoms with Crippen molar-refractivity contribution in [3.63, 3.8) is 0 Å². The van der Waals surface area contributed by atoms with Crippen LogP contribution in [0.4, 0.5) is 26.3 Å². The van der Waals surface area contributed by atoms with Crippen molar-refractivity contribution in [3.05, 3.63) is 107 Å². The summed E-state index contributed by atoms with van der Waals surface area (Å²) in [4.78, 5) is 16.3. The molecule has 234 valence electrons. The number of carbonyl (C=O) groups excluding carboxylic acids is 1. The van der Waals surface area contributed by atoms with E-state index >= 15 is 0 Å². The molecule has 1 aliphatic heterocycles.